The molecule has 4 heteroatoms. The zero-order chi connectivity index (χ0) is 13.2. The molecule has 0 saturated carbocycles. The fourth-order valence-electron chi connectivity index (χ4n) is 1.76. The van der Waals surface area contributed by atoms with Gasteiger partial charge in [-0.3, -0.25) is 5.41 Å². The second kappa shape index (κ2) is 5.08. The lowest BCUT2D eigenvalue weighted by atomic mass is 9.96. The number of halogens is 1. The molecule has 0 heterocycles. The molecule has 94 valence electrons. The third-order valence-electron chi connectivity index (χ3n) is 2.40. The predicted octanol–water partition coefficient (Wildman–Crippen LogP) is 3.22. The Balaban J connectivity index is 2.94. The summed E-state index contributed by atoms with van der Waals surface area (Å²) in [5.74, 6) is 0.0851. The molecule has 0 bridgehead atoms. The number of rotatable bonds is 3. The van der Waals surface area contributed by atoms with Gasteiger partial charge in [-0.25, -0.2) is 0 Å². The number of benzene rings is 1. The summed E-state index contributed by atoms with van der Waals surface area (Å²) in [4.78, 5) is 2.20. The van der Waals surface area contributed by atoms with Gasteiger partial charge in [-0.1, -0.05) is 20.8 Å². The third-order valence-corrected chi connectivity index (χ3v) is 3.05. The summed E-state index contributed by atoms with van der Waals surface area (Å²) in [7, 11) is 2.07. The minimum atomic E-state index is 0.0851. The molecule has 0 fully saturated rings. The van der Waals surface area contributed by atoms with Gasteiger partial charge in [0.2, 0.25) is 0 Å². The maximum Gasteiger partial charge on any atom is 0.123 e. The summed E-state index contributed by atoms with van der Waals surface area (Å²) in [6, 6.07) is 5.87. The van der Waals surface area contributed by atoms with Crippen LogP contribution in [0.5, 0.6) is 0 Å². The largest absolute Gasteiger partial charge is 0.384 e. The minimum absolute atomic E-state index is 0.0851. The lowest BCUT2D eigenvalue weighted by molar-refractivity contribution is 0.419. The molecule has 0 spiro atoms. The van der Waals surface area contributed by atoms with Crippen LogP contribution in [0.3, 0.4) is 0 Å². The highest BCUT2D eigenvalue weighted by molar-refractivity contribution is 9.10. The van der Waals surface area contributed by atoms with E-state index in [1.165, 1.54) is 0 Å². The van der Waals surface area contributed by atoms with Crippen LogP contribution in [0.1, 0.15) is 26.3 Å². The molecule has 3 N–H and O–H groups in total. The zero-order valence-electron chi connectivity index (χ0n) is 10.8. The molecular formula is C13H20BrN3. The number of anilines is 1. The molecular weight excluding hydrogens is 278 g/mol. The summed E-state index contributed by atoms with van der Waals surface area (Å²) in [6.45, 7) is 7.60. The first-order chi connectivity index (χ1) is 7.70. The van der Waals surface area contributed by atoms with E-state index < -0.39 is 0 Å². The lowest BCUT2D eigenvalue weighted by Crippen LogP contribution is -2.29. The summed E-state index contributed by atoms with van der Waals surface area (Å²) in [6.07, 6.45) is 0. The van der Waals surface area contributed by atoms with Gasteiger partial charge in [0.25, 0.3) is 0 Å². The summed E-state index contributed by atoms with van der Waals surface area (Å²) >= 11 is 3.45. The highest BCUT2D eigenvalue weighted by Gasteiger charge is 2.14. The molecule has 0 aliphatic rings. The second-order valence-corrected chi connectivity index (χ2v) is 6.35. The van der Waals surface area contributed by atoms with E-state index in [1.807, 2.05) is 18.2 Å². The average Bonchev–Trinajstić information content (AvgIpc) is 2.14. The number of nitrogens with two attached hydrogens (primary N) is 1. The molecule has 1 rings (SSSR count). The van der Waals surface area contributed by atoms with Crippen LogP contribution < -0.4 is 10.6 Å². The van der Waals surface area contributed by atoms with Crippen LogP contribution in [0.15, 0.2) is 22.7 Å². The van der Waals surface area contributed by atoms with E-state index in [0.29, 0.717) is 0 Å². The number of nitrogens with zero attached hydrogens (tertiary/aromatic N) is 1. The summed E-state index contributed by atoms with van der Waals surface area (Å²) in [5.41, 5.74) is 7.59. The van der Waals surface area contributed by atoms with Gasteiger partial charge in [-0.2, -0.15) is 0 Å². The third kappa shape index (κ3) is 4.04. The molecule has 0 aromatic heterocycles. The smallest absolute Gasteiger partial charge is 0.123 e. The Morgan fingerprint density at radius 1 is 1.41 bits per heavy atom. The Morgan fingerprint density at radius 2 is 2.00 bits per heavy atom. The van der Waals surface area contributed by atoms with E-state index in [4.69, 9.17) is 11.1 Å². The standard InChI is InChI=1S/C13H20BrN3/c1-13(2,3)8-17(4)9-5-6-10(12(15)16)11(14)7-9/h5-7H,8H2,1-4H3,(H3,15,16). The van der Waals surface area contributed by atoms with Gasteiger partial charge < -0.3 is 10.6 Å². The van der Waals surface area contributed by atoms with Crippen LogP contribution in [-0.4, -0.2) is 19.4 Å². The van der Waals surface area contributed by atoms with E-state index in [1.54, 1.807) is 0 Å². The van der Waals surface area contributed by atoms with Crippen molar-refractivity contribution in [1.29, 1.82) is 5.41 Å². The lowest BCUT2D eigenvalue weighted by Gasteiger charge is -2.28. The highest BCUT2D eigenvalue weighted by atomic mass is 79.9. The molecule has 1 aromatic rings. The number of nitrogen functional groups attached to an aromatic ring is 1. The second-order valence-electron chi connectivity index (χ2n) is 5.49. The average molecular weight is 298 g/mol. The molecule has 0 aliphatic heterocycles. The minimum Gasteiger partial charge on any atom is -0.384 e. The van der Waals surface area contributed by atoms with Crippen molar-refractivity contribution in [3.8, 4) is 0 Å². The summed E-state index contributed by atoms with van der Waals surface area (Å²) in [5, 5.41) is 7.43. The molecule has 0 unspecified atom stereocenters. The number of amidine groups is 1. The maximum atomic E-state index is 7.43. The normalized spacial score (nSPS) is 11.4. The molecule has 0 radical (unpaired) electrons. The Bertz CT molecular complexity index is 421. The van der Waals surface area contributed by atoms with Gasteiger partial charge in [-0.15, -0.1) is 0 Å². The molecule has 0 aliphatic carbocycles. The fraction of sp³-hybridized carbons (Fsp3) is 0.462. The summed E-state index contributed by atoms with van der Waals surface area (Å²) < 4.78 is 0.864. The van der Waals surface area contributed by atoms with E-state index in [0.717, 1.165) is 22.3 Å². The molecule has 0 amide bonds. The van der Waals surface area contributed by atoms with Gasteiger partial charge in [0, 0.05) is 29.3 Å². The van der Waals surface area contributed by atoms with Crippen molar-refractivity contribution in [3.63, 3.8) is 0 Å². The Hall–Kier alpha value is -1.03. The van der Waals surface area contributed by atoms with Gasteiger partial charge in [0.05, 0.1) is 0 Å². The van der Waals surface area contributed by atoms with E-state index >= 15 is 0 Å². The van der Waals surface area contributed by atoms with Gasteiger partial charge in [-0.05, 0) is 39.5 Å². The van der Waals surface area contributed by atoms with Crippen molar-refractivity contribution in [2.24, 2.45) is 11.1 Å². The van der Waals surface area contributed by atoms with Crippen molar-refractivity contribution in [2.45, 2.75) is 20.8 Å². The fourth-order valence-corrected chi connectivity index (χ4v) is 2.34. The number of hydrogen-bond acceptors (Lipinski definition) is 2. The van der Waals surface area contributed by atoms with Crippen LogP contribution in [0.2, 0.25) is 0 Å². The Labute approximate surface area is 112 Å². The highest BCUT2D eigenvalue weighted by Crippen LogP contribution is 2.25. The monoisotopic (exact) mass is 297 g/mol. The van der Waals surface area contributed by atoms with E-state index in [9.17, 15) is 0 Å². The van der Waals surface area contributed by atoms with Crippen LogP contribution in [0.25, 0.3) is 0 Å². The predicted molar refractivity (Wildman–Crippen MR) is 77.9 cm³/mol. The van der Waals surface area contributed by atoms with Gasteiger partial charge in [0.1, 0.15) is 5.84 Å². The van der Waals surface area contributed by atoms with Crippen LogP contribution >= 0.6 is 15.9 Å². The first kappa shape index (κ1) is 14.0. The topological polar surface area (TPSA) is 53.1 Å². The Kier molecular flexibility index (Phi) is 4.20. The Morgan fingerprint density at radius 3 is 2.41 bits per heavy atom. The van der Waals surface area contributed by atoms with Gasteiger partial charge in [0.15, 0.2) is 0 Å². The van der Waals surface area contributed by atoms with Crippen molar-refractivity contribution in [1.82, 2.24) is 0 Å². The SMILES string of the molecule is CN(CC(C)(C)C)c1ccc(C(=N)N)c(Br)c1. The molecule has 0 atom stereocenters. The maximum absolute atomic E-state index is 7.43. The van der Waals surface area contributed by atoms with Gasteiger partial charge >= 0.3 is 0 Å². The van der Waals surface area contributed by atoms with Crippen LogP contribution in [-0.2, 0) is 0 Å². The van der Waals surface area contributed by atoms with E-state index in [-0.39, 0.29) is 11.3 Å². The van der Waals surface area contributed by atoms with Crippen molar-refractivity contribution in [3.05, 3.63) is 28.2 Å². The quantitative estimate of drug-likeness (QED) is 0.665. The first-order valence-corrected chi connectivity index (χ1v) is 6.35. The molecule has 17 heavy (non-hydrogen) atoms. The van der Waals surface area contributed by atoms with Crippen molar-refractivity contribution >= 4 is 27.5 Å². The number of nitrogens with one attached hydrogen (secondary N) is 1. The number of hydrogen-bond donors (Lipinski definition) is 2. The van der Waals surface area contributed by atoms with Crippen LogP contribution in [0, 0.1) is 10.8 Å². The first-order valence-electron chi connectivity index (χ1n) is 5.56. The van der Waals surface area contributed by atoms with Crippen molar-refractivity contribution in [2.75, 3.05) is 18.5 Å². The van der Waals surface area contributed by atoms with Crippen LogP contribution in [0.4, 0.5) is 5.69 Å². The molecule has 3 nitrogen and oxygen atoms in total. The molecule has 1 aromatic carbocycles. The van der Waals surface area contributed by atoms with E-state index in [2.05, 4.69) is 48.6 Å². The zero-order valence-corrected chi connectivity index (χ0v) is 12.4. The van der Waals surface area contributed by atoms with Crippen molar-refractivity contribution < 1.29 is 0 Å². The molecule has 0 saturated heterocycles.